The molecule has 0 N–H and O–H groups in total. The smallest absolute Gasteiger partial charge is 0.257 e. The Morgan fingerprint density at radius 1 is 1.12 bits per heavy atom. The lowest BCUT2D eigenvalue weighted by atomic mass is 10.2. The molecule has 2 amide bonds. The van der Waals surface area contributed by atoms with E-state index in [4.69, 9.17) is 4.74 Å². The first-order valence-electron chi connectivity index (χ1n) is 5.66. The van der Waals surface area contributed by atoms with Crippen molar-refractivity contribution < 1.29 is 14.3 Å². The van der Waals surface area contributed by atoms with Gasteiger partial charge in [-0.05, 0) is 20.3 Å². The van der Waals surface area contributed by atoms with Crippen molar-refractivity contribution in [1.29, 1.82) is 0 Å². The van der Waals surface area contributed by atoms with Crippen LogP contribution in [0, 0.1) is 0 Å². The van der Waals surface area contributed by atoms with Crippen molar-refractivity contribution >= 4 is 11.8 Å². The van der Waals surface area contributed by atoms with E-state index in [2.05, 4.69) is 13.2 Å². The number of carbonyl (C=O) groups excluding carboxylic acids is 2. The van der Waals surface area contributed by atoms with Crippen LogP contribution >= 0.6 is 0 Å². The lowest BCUT2D eigenvalue weighted by Gasteiger charge is -2.20. The summed E-state index contributed by atoms with van der Waals surface area (Å²) in [6.07, 6.45) is 1.90. The highest BCUT2D eigenvalue weighted by Gasteiger charge is 2.22. The summed E-state index contributed by atoms with van der Waals surface area (Å²) >= 11 is 0. The zero-order chi connectivity index (χ0) is 13.4. The van der Waals surface area contributed by atoms with Gasteiger partial charge in [-0.25, -0.2) is 0 Å². The summed E-state index contributed by atoms with van der Waals surface area (Å²) in [7, 11) is 0. The minimum absolute atomic E-state index is 0.0443. The summed E-state index contributed by atoms with van der Waals surface area (Å²) < 4.78 is 5.28. The number of imide groups is 1. The first-order valence-corrected chi connectivity index (χ1v) is 5.66. The first kappa shape index (κ1) is 15.6. The monoisotopic (exact) mass is 239 g/mol. The number of nitrogens with zero attached hydrogens (tertiary/aromatic N) is 1. The third-order valence-electron chi connectivity index (χ3n) is 2.08. The molecule has 17 heavy (non-hydrogen) atoms. The Morgan fingerprint density at radius 3 is 1.94 bits per heavy atom. The van der Waals surface area contributed by atoms with E-state index in [1.54, 1.807) is 13.8 Å². The second-order valence-electron chi connectivity index (χ2n) is 3.99. The lowest BCUT2D eigenvalue weighted by Crippen LogP contribution is -2.39. The summed E-state index contributed by atoms with van der Waals surface area (Å²) in [5.41, 5.74) is 0.609. The van der Waals surface area contributed by atoms with Crippen LogP contribution in [0.4, 0.5) is 0 Å². The number of hydrogen-bond acceptors (Lipinski definition) is 3. The molecule has 96 valence electrons. The molecule has 0 bridgehead atoms. The van der Waals surface area contributed by atoms with E-state index in [0.717, 1.165) is 17.7 Å². The van der Waals surface area contributed by atoms with E-state index in [-0.39, 0.29) is 6.73 Å². The molecule has 0 saturated heterocycles. The predicted octanol–water partition coefficient (Wildman–Crippen LogP) is 2.27. The van der Waals surface area contributed by atoms with Crippen molar-refractivity contribution in [2.45, 2.75) is 33.6 Å². The Hall–Kier alpha value is -1.42. The summed E-state index contributed by atoms with van der Waals surface area (Å²) in [6, 6.07) is 0. The number of hydrogen-bond donors (Lipinski definition) is 0. The van der Waals surface area contributed by atoms with Gasteiger partial charge in [0.2, 0.25) is 0 Å². The Morgan fingerprint density at radius 2 is 1.59 bits per heavy atom. The summed E-state index contributed by atoms with van der Waals surface area (Å²) in [6.45, 7) is 12.7. The molecule has 0 saturated carbocycles. The number of ether oxygens (including phenoxy) is 1. The SMILES string of the molecule is C=C(C)C(=O)N(COCCCC)C(=O)C(=C)C. The van der Waals surface area contributed by atoms with Crippen LogP contribution < -0.4 is 0 Å². The number of amides is 2. The molecule has 0 atom stereocenters. The molecule has 0 aromatic heterocycles. The predicted molar refractivity (Wildman–Crippen MR) is 67.2 cm³/mol. The normalized spacial score (nSPS) is 9.82. The molecule has 0 aromatic carbocycles. The fraction of sp³-hybridized carbons (Fsp3) is 0.538. The average molecular weight is 239 g/mol. The molecule has 0 aliphatic carbocycles. The quantitative estimate of drug-likeness (QED) is 0.389. The van der Waals surface area contributed by atoms with Crippen LogP contribution in [-0.2, 0) is 14.3 Å². The van der Waals surface area contributed by atoms with Gasteiger partial charge in [-0.2, -0.15) is 0 Å². The highest BCUT2D eigenvalue weighted by molar-refractivity contribution is 6.08. The maximum atomic E-state index is 11.7. The highest BCUT2D eigenvalue weighted by atomic mass is 16.5. The molecule has 0 fully saturated rings. The molecule has 0 radical (unpaired) electrons. The average Bonchev–Trinajstić information content (AvgIpc) is 2.27. The van der Waals surface area contributed by atoms with Crippen LogP contribution in [-0.4, -0.2) is 30.1 Å². The topological polar surface area (TPSA) is 46.6 Å². The molecule has 0 unspecified atom stereocenters. The zero-order valence-corrected chi connectivity index (χ0v) is 10.9. The molecule has 0 aliphatic heterocycles. The molecule has 0 heterocycles. The summed E-state index contributed by atoms with van der Waals surface area (Å²) in [5, 5.41) is 0. The van der Waals surface area contributed by atoms with Gasteiger partial charge in [0.05, 0.1) is 0 Å². The van der Waals surface area contributed by atoms with E-state index >= 15 is 0 Å². The molecule has 4 heteroatoms. The second kappa shape index (κ2) is 7.79. The van der Waals surface area contributed by atoms with Crippen molar-refractivity contribution in [2.24, 2.45) is 0 Å². The highest BCUT2D eigenvalue weighted by Crippen LogP contribution is 2.05. The van der Waals surface area contributed by atoms with Gasteiger partial charge in [0.1, 0.15) is 6.73 Å². The van der Waals surface area contributed by atoms with Gasteiger partial charge in [0, 0.05) is 17.8 Å². The Bertz CT molecular complexity index is 295. The van der Waals surface area contributed by atoms with Crippen LogP contribution in [0.1, 0.15) is 33.6 Å². The molecular formula is C13H21NO3. The van der Waals surface area contributed by atoms with E-state index < -0.39 is 11.8 Å². The maximum Gasteiger partial charge on any atom is 0.257 e. The molecule has 4 nitrogen and oxygen atoms in total. The van der Waals surface area contributed by atoms with Crippen molar-refractivity contribution in [1.82, 2.24) is 4.90 Å². The lowest BCUT2D eigenvalue weighted by molar-refractivity contribution is -0.146. The maximum absolute atomic E-state index is 11.7. The second-order valence-corrected chi connectivity index (χ2v) is 3.99. The van der Waals surface area contributed by atoms with E-state index in [1.807, 2.05) is 6.92 Å². The van der Waals surface area contributed by atoms with Gasteiger partial charge in [-0.15, -0.1) is 0 Å². The van der Waals surface area contributed by atoms with Crippen molar-refractivity contribution in [2.75, 3.05) is 13.3 Å². The van der Waals surface area contributed by atoms with E-state index in [9.17, 15) is 9.59 Å². The molecule has 0 aliphatic rings. The van der Waals surface area contributed by atoms with Crippen LogP contribution in [0.15, 0.2) is 24.3 Å². The van der Waals surface area contributed by atoms with Crippen LogP contribution in [0.3, 0.4) is 0 Å². The minimum atomic E-state index is -0.422. The van der Waals surface area contributed by atoms with Crippen LogP contribution in [0.25, 0.3) is 0 Å². The van der Waals surface area contributed by atoms with Crippen molar-refractivity contribution in [3.63, 3.8) is 0 Å². The summed E-state index contributed by atoms with van der Waals surface area (Å²) in [5.74, 6) is -0.844. The Labute approximate surface area is 103 Å². The molecule has 0 aromatic rings. The van der Waals surface area contributed by atoms with Gasteiger partial charge < -0.3 is 4.74 Å². The standard InChI is InChI=1S/C13H21NO3/c1-6-7-8-17-9-14(12(15)10(2)3)13(16)11(4)5/h2,4,6-9H2,1,3,5H3. The van der Waals surface area contributed by atoms with Gasteiger partial charge in [-0.3, -0.25) is 14.5 Å². The number of rotatable bonds is 7. The number of carbonyl (C=O) groups is 2. The molecule has 0 rings (SSSR count). The third-order valence-corrected chi connectivity index (χ3v) is 2.08. The minimum Gasteiger partial charge on any atom is -0.361 e. The molecule has 0 spiro atoms. The van der Waals surface area contributed by atoms with E-state index in [1.165, 1.54) is 0 Å². The van der Waals surface area contributed by atoms with Gasteiger partial charge in [-0.1, -0.05) is 26.5 Å². The Kier molecular flexibility index (Phi) is 7.14. The summed E-state index contributed by atoms with van der Waals surface area (Å²) in [4.78, 5) is 24.5. The van der Waals surface area contributed by atoms with Crippen LogP contribution in [0.5, 0.6) is 0 Å². The van der Waals surface area contributed by atoms with E-state index in [0.29, 0.717) is 17.8 Å². The van der Waals surface area contributed by atoms with Crippen molar-refractivity contribution in [3.8, 4) is 0 Å². The molecular weight excluding hydrogens is 218 g/mol. The largest absolute Gasteiger partial charge is 0.361 e. The van der Waals surface area contributed by atoms with Crippen LogP contribution in [0.2, 0.25) is 0 Å². The van der Waals surface area contributed by atoms with Gasteiger partial charge in [0.25, 0.3) is 11.8 Å². The van der Waals surface area contributed by atoms with Gasteiger partial charge >= 0.3 is 0 Å². The fourth-order valence-corrected chi connectivity index (χ4v) is 1.07. The fourth-order valence-electron chi connectivity index (χ4n) is 1.07. The van der Waals surface area contributed by atoms with Gasteiger partial charge in [0.15, 0.2) is 0 Å². The first-order chi connectivity index (χ1) is 7.91. The zero-order valence-electron chi connectivity index (χ0n) is 10.9. The van der Waals surface area contributed by atoms with Crippen molar-refractivity contribution in [3.05, 3.63) is 24.3 Å². The number of unbranched alkanes of at least 4 members (excludes halogenated alkanes) is 1. The Balaban J connectivity index is 4.52. The third kappa shape index (κ3) is 5.45.